The fourth-order valence-corrected chi connectivity index (χ4v) is 5.37. The highest BCUT2D eigenvalue weighted by Gasteiger charge is 2.27. The fourth-order valence-electron chi connectivity index (χ4n) is 2.83. The summed E-state index contributed by atoms with van der Waals surface area (Å²) in [6.45, 7) is 3.91. The zero-order chi connectivity index (χ0) is 19.7. The van der Waals surface area contributed by atoms with Crippen LogP contribution in [-0.4, -0.2) is 36.7 Å². The van der Waals surface area contributed by atoms with E-state index in [4.69, 9.17) is 4.98 Å². The molecule has 1 aliphatic heterocycles. The van der Waals surface area contributed by atoms with E-state index in [0.717, 1.165) is 22.8 Å². The number of carbonyl (C=O) groups excluding carboxylic acids is 1. The van der Waals surface area contributed by atoms with E-state index in [1.165, 1.54) is 23.1 Å². The van der Waals surface area contributed by atoms with Gasteiger partial charge in [0.15, 0.2) is 5.16 Å². The van der Waals surface area contributed by atoms with Gasteiger partial charge in [0.2, 0.25) is 11.0 Å². The van der Waals surface area contributed by atoms with Crippen LogP contribution in [-0.2, 0) is 11.2 Å². The molecule has 1 aromatic carbocycles. The average molecular weight is 432 g/mol. The van der Waals surface area contributed by atoms with Gasteiger partial charge in [0.25, 0.3) is 5.56 Å². The van der Waals surface area contributed by atoms with Gasteiger partial charge in [0.05, 0.1) is 22.0 Å². The van der Waals surface area contributed by atoms with Crippen LogP contribution in [0.1, 0.15) is 17.6 Å². The van der Waals surface area contributed by atoms with E-state index in [-0.39, 0.29) is 17.2 Å². The number of carbonyl (C=O) groups is 1. The Hall–Kier alpha value is -2.17. The minimum Gasteiger partial charge on any atom is -0.300 e. The van der Waals surface area contributed by atoms with Gasteiger partial charge < -0.3 is 0 Å². The highest BCUT2D eigenvalue weighted by Crippen LogP contribution is 2.34. The number of aromatic nitrogens is 4. The molecule has 4 rings (SSSR count). The number of para-hydroxylation sites is 1. The maximum atomic E-state index is 13.1. The molecule has 144 valence electrons. The van der Waals surface area contributed by atoms with Crippen LogP contribution < -0.4 is 10.9 Å². The van der Waals surface area contributed by atoms with Gasteiger partial charge in [0, 0.05) is 11.7 Å². The molecule has 0 bridgehead atoms. The molecule has 1 aliphatic rings. The monoisotopic (exact) mass is 431 g/mol. The topological polar surface area (TPSA) is 89.8 Å². The Bertz CT molecular complexity index is 1080. The Balaban J connectivity index is 1.62. The molecule has 28 heavy (non-hydrogen) atoms. The highest BCUT2D eigenvalue weighted by molar-refractivity contribution is 8.00. The number of benzene rings is 1. The van der Waals surface area contributed by atoms with Gasteiger partial charge in [-0.15, -0.1) is 22.0 Å². The molecule has 10 heteroatoms. The first-order valence-corrected chi connectivity index (χ1v) is 11.3. The van der Waals surface area contributed by atoms with Crippen molar-refractivity contribution in [3.63, 3.8) is 0 Å². The lowest BCUT2D eigenvalue weighted by Crippen LogP contribution is -2.24. The summed E-state index contributed by atoms with van der Waals surface area (Å²) in [5.41, 5.74) is 1.48. The molecule has 3 heterocycles. The molecule has 3 aromatic rings. The molecule has 1 atom stereocenters. The standard InChI is InChI=1S/C18H17N5O2S3/c1-10-8-13-15(27-10)16(25)23(12-6-4-3-5-7-12)18(19-13)26-9-14(24)20-17-22-21-11(2)28-17/h3-7,10H,8-9H2,1-2H3,(H,20,22,24)/t10-/m1/s1. The normalized spacial score (nSPS) is 15.4. The van der Waals surface area contributed by atoms with Gasteiger partial charge in [-0.1, -0.05) is 48.2 Å². The minimum absolute atomic E-state index is 0.0757. The van der Waals surface area contributed by atoms with E-state index in [1.54, 1.807) is 16.3 Å². The highest BCUT2D eigenvalue weighted by atomic mass is 32.2. The van der Waals surface area contributed by atoms with Gasteiger partial charge in [0.1, 0.15) is 5.01 Å². The van der Waals surface area contributed by atoms with Crippen molar-refractivity contribution in [1.29, 1.82) is 0 Å². The van der Waals surface area contributed by atoms with Gasteiger partial charge in [-0.25, -0.2) is 4.98 Å². The largest absolute Gasteiger partial charge is 0.300 e. The summed E-state index contributed by atoms with van der Waals surface area (Å²) in [5, 5.41) is 12.6. The second-order valence-corrected chi connectivity index (χ2v) is 9.81. The van der Waals surface area contributed by atoms with E-state index in [2.05, 4.69) is 22.4 Å². The van der Waals surface area contributed by atoms with E-state index in [0.29, 0.717) is 20.4 Å². The van der Waals surface area contributed by atoms with Crippen LogP contribution in [0.4, 0.5) is 5.13 Å². The number of amides is 1. The third-order valence-electron chi connectivity index (χ3n) is 4.00. The van der Waals surface area contributed by atoms with E-state index >= 15 is 0 Å². The van der Waals surface area contributed by atoms with Gasteiger partial charge >= 0.3 is 0 Å². The van der Waals surface area contributed by atoms with Crippen LogP contribution in [0.15, 0.2) is 45.2 Å². The maximum Gasteiger partial charge on any atom is 0.272 e. The molecule has 0 aliphatic carbocycles. The Morgan fingerprint density at radius 1 is 1.32 bits per heavy atom. The van der Waals surface area contributed by atoms with Gasteiger partial charge in [-0.3, -0.25) is 19.5 Å². The first-order valence-electron chi connectivity index (χ1n) is 8.62. The van der Waals surface area contributed by atoms with Crippen LogP contribution in [0, 0.1) is 6.92 Å². The Labute approximate surface area is 174 Å². The lowest BCUT2D eigenvalue weighted by Gasteiger charge is -2.13. The predicted molar refractivity (Wildman–Crippen MR) is 113 cm³/mol. The van der Waals surface area contributed by atoms with Crippen molar-refractivity contribution >= 4 is 45.9 Å². The summed E-state index contributed by atoms with van der Waals surface area (Å²) in [6, 6.07) is 9.39. The minimum atomic E-state index is -0.210. The molecule has 0 spiro atoms. The van der Waals surface area contributed by atoms with Crippen molar-refractivity contribution < 1.29 is 4.79 Å². The summed E-state index contributed by atoms with van der Waals surface area (Å²) < 4.78 is 1.59. The van der Waals surface area contributed by atoms with E-state index in [1.807, 2.05) is 37.3 Å². The lowest BCUT2D eigenvalue weighted by atomic mass is 10.2. The number of aryl methyl sites for hydroxylation is 1. The number of nitrogens with zero attached hydrogens (tertiary/aromatic N) is 4. The van der Waals surface area contributed by atoms with Crippen LogP contribution in [0.5, 0.6) is 0 Å². The molecule has 0 saturated heterocycles. The van der Waals surface area contributed by atoms with Crippen molar-refractivity contribution in [2.45, 2.75) is 35.6 Å². The number of fused-ring (bicyclic) bond motifs is 1. The third kappa shape index (κ3) is 3.98. The molecule has 1 amide bonds. The molecule has 0 saturated carbocycles. The summed E-state index contributed by atoms with van der Waals surface area (Å²) in [7, 11) is 0. The Kier molecular flexibility index (Phi) is 5.51. The first-order chi connectivity index (χ1) is 13.5. The zero-order valence-electron chi connectivity index (χ0n) is 15.2. The molecule has 0 fully saturated rings. The molecule has 0 unspecified atom stereocenters. The van der Waals surface area contributed by atoms with Crippen molar-refractivity contribution in [2.75, 3.05) is 11.1 Å². The second kappa shape index (κ2) is 8.06. The molecule has 2 aromatic heterocycles. The molecular formula is C18H17N5O2S3. The zero-order valence-corrected chi connectivity index (χ0v) is 17.7. The molecule has 7 nitrogen and oxygen atoms in total. The number of hydrogen-bond acceptors (Lipinski definition) is 8. The third-order valence-corrected chi connectivity index (χ3v) is 6.91. The predicted octanol–water partition coefficient (Wildman–Crippen LogP) is 3.16. The van der Waals surface area contributed by atoms with Crippen molar-refractivity contribution in [2.24, 2.45) is 0 Å². The fraction of sp³-hybridized carbons (Fsp3) is 0.278. The Morgan fingerprint density at radius 2 is 2.11 bits per heavy atom. The number of hydrogen-bond donors (Lipinski definition) is 1. The number of nitrogens with one attached hydrogen (secondary N) is 1. The van der Waals surface area contributed by atoms with Crippen LogP contribution in [0.3, 0.4) is 0 Å². The number of rotatable bonds is 5. The average Bonchev–Trinajstić information content (AvgIpc) is 3.25. The summed E-state index contributed by atoms with van der Waals surface area (Å²) in [5.74, 6) is -0.0856. The number of thioether (sulfide) groups is 2. The molecular weight excluding hydrogens is 414 g/mol. The maximum absolute atomic E-state index is 13.1. The van der Waals surface area contributed by atoms with Crippen LogP contribution >= 0.6 is 34.9 Å². The van der Waals surface area contributed by atoms with Crippen molar-refractivity contribution in [3.8, 4) is 5.69 Å². The smallest absolute Gasteiger partial charge is 0.272 e. The first kappa shape index (κ1) is 19.2. The van der Waals surface area contributed by atoms with Crippen molar-refractivity contribution in [1.82, 2.24) is 19.7 Å². The summed E-state index contributed by atoms with van der Waals surface area (Å²) in [6.07, 6.45) is 0.759. The van der Waals surface area contributed by atoms with E-state index in [9.17, 15) is 9.59 Å². The second-order valence-electron chi connectivity index (χ2n) is 6.24. The van der Waals surface area contributed by atoms with Crippen LogP contribution in [0.2, 0.25) is 0 Å². The quantitative estimate of drug-likeness (QED) is 0.490. The Morgan fingerprint density at radius 3 is 2.82 bits per heavy atom. The van der Waals surface area contributed by atoms with Crippen molar-refractivity contribution in [3.05, 3.63) is 51.4 Å². The van der Waals surface area contributed by atoms with E-state index < -0.39 is 0 Å². The molecule has 0 radical (unpaired) electrons. The summed E-state index contributed by atoms with van der Waals surface area (Å²) in [4.78, 5) is 30.9. The number of anilines is 1. The van der Waals surface area contributed by atoms with Gasteiger partial charge in [-0.2, -0.15) is 0 Å². The summed E-state index contributed by atoms with van der Waals surface area (Å²) >= 11 is 4.13. The SMILES string of the molecule is Cc1nnc(NC(=O)CSc2nc3c(c(=O)n2-c2ccccc2)S[C@H](C)C3)s1. The van der Waals surface area contributed by atoms with Gasteiger partial charge in [-0.05, 0) is 19.1 Å². The molecule has 1 N–H and O–H groups in total. The lowest BCUT2D eigenvalue weighted by molar-refractivity contribution is -0.113. The van der Waals surface area contributed by atoms with Crippen LogP contribution in [0.25, 0.3) is 5.69 Å².